The van der Waals surface area contributed by atoms with E-state index in [1.54, 1.807) is 19.1 Å². The molecule has 2 unspecified atom stereocenters. The zero-order chi connectivity index (χ0) is 11.0. The summed E-state index contributed by atoms with van der Waals surface area (Å²) in [5, 5.41) is 26.2. The number of ether oxygens (including phenoxy) is 1. The minimum atomic E-state index is -1.71. The zero-order valence-electron chi connectivity index (χ0n) is 7.83. The number of carbonyl (C=O) groups is 1. The first-order chi connectivity index (χ1) is 6.61. The molecule has 14 heavy (non-hydrogen) atoms. The number of hydrogen-bond donors (Lipinski definition) is 3. The van der Waals surface area contributed by atoms with Gasteiger partial charge in [0, 0.05) is 6.08 Å². The number of hydrogen-bond acceptors (Lipinski definition) is 5. The maximum Gasteiger partial charge on any atom is 0.333 e. The van der Waals surface area contributed by atoms with Crippen molar-refractivity contribution in [3.63, 3.8) is 0 Å². The Bertz CT molecular complexity index is 221. The number of aliphatic hydroxyl groups is 3. The Labute approximate surface area is 81.9 Å². The van der Waals surface area contributed by atoms with Crippen LogP contribution in [0.4, 0.5) is 0 Å². The summed E-state index contributed by atoms with van der Waals surface area (Å²) in [4.78, 5) is 10.9. The van der Waals surface area contributed by atoms with Gasteiger partial charge in [0.15, 0.2) is 0 Å². The smallest absolute Gasteiger partial charge is 0.333 e. The van der Waals surface area contributed by atoms with Crippen molar-refractivity contribution >= 4 is 5.97 Å². The van der Waals surface area contributed by atoms with Gasteiger partial charge in [0.25, 0.3) is 0 Å². The molecule has 0 fully saturated rings. The summed E-state index contributed by atoms with van der Waals surface area (Å²) < 4.78 is 4.34. The van der Waals surface area contributed by atoms with E-state index in [2.05, 4.69) is 4.74 Å². The molecule has 0 aliphatic carbocycles. The highest BCUT2D eigenvalue weighted by molar-refractivity contribution is 5.82. The average Bonchev–Trinajstić information content (AvgIpc) is 2.16. The lowest BCUT2D eigenvalue weighted by molar-refractivity contribution is -0.185. The number of aliphatic hydroxyl groups excluding tert-OH is 3. The molecule has 0 saturated heterocycles. The van der Waals surface area contributed by atoms with Crippen LogP contribution in [-0.2, 0) is 9.53 Å². The molecule has 0 aromatic heterocycles. The molecule has 0 saturated carbocycles. The van der Waals surface area contributed by atoms with Crippen molar-refractivity contribution in [2.24, 2.45) is 0 Å². The van der Waals surface area contributed by atoms with E-state index in [1.807, 2.05) is 0 Å². The normalized spacial score (nSPS) is 16.0. The summed E-state index contributed by atoms with van der Waals surface area (Å²) in [6.07, 6.45) is 2.66. The lowest BCUT2D eigenvalue weighted by Gasteiger charge is -2.14. The largest absolute Gasteiger partial charge is 0.430 e. The Morgan fingerprint density at radius 3 is 2.57 bits per heavy atom. The van der Waals surface area contributed by atoms with Gasteiger partial charge in [-0.05, 0) is 6.92 Å². The van der Waals surface area contributed by atoms with E-state index in [1.165, 1.54) is 6.08 Å². The summed E-state index contributed by atoms with van der Waals surface area (Å²) in [7, 11) is 0. The van der Waals surface area contributed by atoms with E-state index in [0.717, 1.165) is 6.08 Å². The molecule has 3 N–H and O–H groups in total. The van der Waals surface area contributed by atoms with Gasteiger partial charge in [-0.2, -0.15) is 0 Å². The number of allylic oxidation sites excluding steroid dienone is 3. The van der Waals surface area contributed by atoms with Crippen LogP contribution in [0.15, 0.2) is 24.3 Å². The minimum Gasteiger partial charge on any atom is -0.430 e. The molecule has 0 heterocycles. The third-order valence-corrected chi connectivity index (χ3v) is 1.29. The van der Waals surface area contributed by atoms with Gasteiger partial charge in [0.1, 0.15) is 6.10 Å². The van der Waals surface area contributed by atoms with Gasteiger partial charge >= 0.3 is 5.97 Å². The molecule has 0 aromatic carbocycles. The monoisotopic (exact) mass is 202 g/mol. The molecule has 0 spiro atoms. The SMILES string of the molecule is C/C=C/C=C/C(=O)OC(O)C(O)CO. The second-order valence-corrected chi connectivity index (χ2v) is 2.46. The average molecular weight is 202 g/mol. The predicted molar refractivity (Wildman–Crippen MR) is 49.1 cm³/mol. The highest BCUT2D eigenvalue weighted by Gasteiger charge is 2.17. The van der Waals surface area contributed by atoms with Gasteiger partial charge in [-0.1, -0.05) is 18.2 Å². The summed E-state index contributed by atoms with van der Waals surface area (Å²) in [6, 6.07) is 0. The van der Waals surface area contributed by atoms with Crippen molar-refractivity contribution in [3.05, 3.63) is 24.3 Å². The number of esters is 1. The molecule has 0 bridgehead atoms. The Morgan fingerprint density at radius 1 is 1.43 bits per heavy atom. The predicted octanol–water partition coefficient (Wildman–Crippen LogP) is -0.667. The van der Waals surface area contributed by atoms with Crippen molar-refractivity contribution in [2.45, 2.75) is 19.3 Å². The summed E-state index contributed by atoms with van der Waals surface area (Å²) in [5.41, 5.74) is 0. The second-order valence-electron chi connectivity index (χ2n) is 2.46. The number of carbonyl (C=O) groups excluding carboxylic acids is 1. The molecule has 0 amide bonds. The Hall–Kier alpha value is -1.17. The molecule has 0 radical (unpaired) electrons. The lowest BCUT2D eigenvalue weighted by atomic mass is 10.4. The van der Waals surface area contributed by atoms with Gasteiger partial charge in [-0.3, -0.25) is 0 Å². The van der Waals surface area contributed by atoms with Gasteiger partial charge in [0.2, 0.25) is 6.29 Å². The van der Waals surface area contributed by atoms with Crippen LogP contribution in [-0.4, -0.2) is 40.3 Å². The molecule has 0 aliphatic heterocycles. The highest BCUT2D eigenvalue weighted by Crippen LogP contribution is 1.96. The fourth-order valence-electron chi connectivity index (χ4n) is 0.572. The van der Waals surface area contributed by atoms with E-state index in [0.29, 0.717) is 0 Å². The first-order valence-corrected chi connectivity index (χ1v) is 4.08. The molecular formula is C9H14O5. The molecule has 80 valence electrons. The van der Waals surface area contributed by atoms with Gasteiger partial charge in [0.05, 0.1) is 6.61 Å². The summed E-state index contributed by atoms with van der Waals surface area (Å²) in [6.45, 7) is 1.10. The van der Waals surface area contributed by atoms with E-state index >= 15 is 0 Å². The van der Waals surface area contributed by atoms with Crippen LogP contribution < -0.4 is 0 Å². The minimum absolute atomic E-state index is 0.674. The van der Waals surface area contributed by atoms with Gasteiger partial charge in [-0.15, -0.1) is 0 Å². The van der Waals surface area contributed by atoms with E-state index in [9.17, 15) is 4.79 Å². The zero-order valence-corrected chi connectivity index (χ0v) is 7.83. The van der Waals surface area contributed by atoms with E-state index < -0.39 is 25.0 Å². The lowest BCUT2D eigenvalue weighted by Crippen LogP contribution is -2.33. The van der Waals surface area contributed by atoms with Crippen molar-refractivity contribution in [1.82, 2.24) is 0 Å². The third-order valence-electron chi connectivity index (χ3n) is 1.29. The standard InChI is InChI=1S/C9H14O5/c1-2-3-4-5-8(12)14-9(13)7(11)6-10/h2-5,7,9-11,13H,6H2,1H3/b3-2+,5-4+. The van der Waals surface area contributed by atoms with Crippen LogP contribution in [0.1, 0.15) is 6.92 Å². The molecule has 5 heteroatoms. The topological polar surface area (TPSA) is 87.0 Å². The van der Waals surface area contributed by atoms with Crippen LogP contribution in [0, 0.1) is 0 Å². The Balaban J connectivity index is 3.93. The second kappa shape index (κ2) is 7.25. The molecule has 2 atom stereocenters. The van der Waals surface area contributed by atoms with Crippen LogP contribution in [0.25, 0.3) is 0 Å². The Kier molecular flexibility index (Phi) is 6.65. The van der Waals surface area contributed by atoms with Crippen LogP contribution >= 0.6 is 0 Å². The highest BCUT2D eigenvalue weighted by atomic mass is 16.6. The number of rotatable bonds is 5. The summed E-state index contributed by atoms with van der Waals surface area (Å²) in [5.74, 6) is -0.789. The first kappa shape index (κ1) is 12.8. The fraction of sp³-hybridized carbons (Fsp3) is 0.444. The van der Waals surface area contributed by atoms with Gasteiger partial charge < -0.3 is 20.1 Å². The first-order valence-electron chi connectivity index (χ1n) is 4.08. The maximum absolute atomic E-state index is 10.9. The maximum atomic E-state index is 10.9. The Morgan fingerprint density at radius 2 is 2.07 bits per heavy atom. The van der Waals surface area contributed by atoms with Crippen LogP contribution in [0.5, 0.6) is 0 Å². The van der Waals surface area contributed by atoms with E-state index in [4.69, 9.17) is 15.3 Å². The molecular weight excluding hydrogens is 188 g/mol. The molecule has 5 nitrogen and oxygen atoms in total. The molecule has 0 aromatic rings. The van der Waals surface area contributed by atoms with Crippen molar-refractivity contribution in [2.75, 3.05) is 6.61 Å². The van der Waals surface area contributed by atoms with E-state index in [-0.39, 0.29) is 0 Å². The van der Waals surface area contributed by atoms with Gasteiger partial charge in [-0.25, -0.2) is 4.79 Å². The molecule has 0 rings (SSSR count). The van der Waals surface area contributed by atoms with Crippen molar-refractivity contribution in [3.8, 4) is 0 Å². The van der Waals surface area contributed by atoms with Crippen LogP contribution in [0.2, 0.25) is 0 Å². The molecule has 0 aliphatic rings. The van der Waals surface area contributed by atoms with Crippen molar-refractivity contribution < 1.29 is 24.9 Å². The quantitative estimate of drug-likeness (QED) is 0.238. The third kappa shape index (κ3) is 5.47. The van der Waals surface area contributed by atoms with Crippen LogP contribution in [0.3, 0.4) is 0 Å². The van der Waals surface area contributed by atoms with Crippen molar-refractivity contribution in [1.29, 1.82) is 0 Å². The summed E-state index contributed by atoms with van der Waals surface area (Å²) >= 11 is 0. The fourth-order valence-corrected chi connectivity index (χ4v) is 0.572.